The summed E-state index contributed by atoms with van der Waals surface area (Å²) in [5.41, 5.74) is 1.09. The average molecular weight is 351 g/mol. The second-order valence-electron chi connectivity index (χ2n) is 3.55. The van der Waals surface area contributed by atoms with Gasteiger partial charge >= 0.3 is 0 Å². The van der Waals surface area contributed by atoms with Gasteiger partial charge in [-0.05, 0) is 35.9 Å². The molecule has 1 nitrogen and oxygen atoms in total. The van der Waals surface area contributed by atoms with Crippen LogP contribution in [0.2, 0.25) is 9.36 Å². The molecule has 0 saturated carbocycles. The normalized spacial score (nSPS) is 10.8. The number of hydrogen-bond acceptors (Lipinski definition) is 2. The largest absolute Gasteiger partial charge is 0.308 e. The van der Waals surface area contributed by atoms with Gasteiger partial charge in [0.25, 0.3) is 0 Å². The van der Waals surface area contributed by atoms with E-state index in [9.17, 15) is 0 Å². The van der Waals surface area contributed by atoms with Crippen LogP contribution in [0.15, 0.2) is 34.8 Å². The summed E-state index contributed by atoms with van der Waals surface area (Å²) in [6, 6.07) is 9.80. The van der Waals surface area contributed by atoms with Gasteiger partial charge in [0.15, 0.2) is 0 Å². The van der Waals surface area contributed by atoms with Gasteiger partial charge in [-0.15, -0.1) is 11.3 Å². The Morgan fingerprint density at radius 1 is 1.12 bits per heavy atom. The lowest BCUT2D eigenvalue weighted by Crippen LogP contribution is -2.12. The molecular weight excluding hydrogens is 341 g/mol. The molecule has 1 aromatic heterocycles. The Morgan fingerprint density at radius 3 is 2.65 bits per heavy atom. The molecule has 0 aliphatic heterocycles. The fourth-order valence-electron chi connectivity index (χ4n) is 1.45. The third kappa shape index (κ3) is 3.97. The molecule has 0 atom stereocenters. The van der Waals surface area contributed by atoms with Crippen molar-refractivity contribution < 1.29 is 0 Å². The Labute approximate surface area is 123 Å². The van der Waals surface area contributed by atoms with Crippen molar-refractivity contribution in [2.75, 3.05) is 0 Å². The van der Waals surface area contributed by atoms with Gasteiger partial charge in [0.1, 0.15) is 0 Å². The summed E-state index contributed by atoms with van der Waals surface area (Å²) in [5.74, 6) is 0. The minimum absolute atomic E-state index is 0.744. The lowest BCUT2D eigenvalue weighted by Gasteiger charge is -2.06. The summed E-state index contributed by atoms with van der Waals surface area (Å²) >= 11 is 17.0. The van der Waals surface area contributed by atoms with Gasteiger partial charge < -0.3 is 5.32 Å². The first-order valence-electron chi connectivity index (χ1n) is 5.04. The molecule has 0 bridgehead atoms. The Hall–Kier alpha value is -0.0600. The van der Waals surface area contributed by atoms with Crippen LogP contribution >= 0.6 is 50.5 Å². The van der Waals surface area contributed by atoms with E-state index < -0.39 is 0 Å². The SMILES string of the molecule is Clc1ccc(CNCc2cc(Br)ccc2Cl)s1. The van der Waals surface area contributed by atoms with Crippen LogP contribution in [0.4, 0.5) is 0 Å². The number of nitrogens with one attached hydrogen (secondary N) is 1. The van der Waals surface area contributed by atoms with Crippen LogP contribution in [-0.4, -0.2) is 0 Å². The fourth-order valence-corrected chi connectivity index (χ4v) is 3.10. The molecule has 2 aromatic rings. The predicted molar refractivity (Wildman–Crippen MR) is 79.0 cm³/mol. The zero-order valence-electron chi connectivity index (χ0n) is 8.84. The molecule has 17 heavy (non-hydrogen) atoms. The number of benzene rings is 1. The molecule has 0 unspecified atom stereocenters. The average Bonchev–Trinajstić information content (AvgIpc) is 2.69. The number of hydrogen-bond donors (Lipinski definition) is 1. The molecule has 2 rings (SSSR count). The van der Waals surface area contributed by atoms with E-state index in [1.807, 2.05) is 30.3 Å². The predicted octanol–water partition coefficient (Wildman–Crippen LogP) is 5.11. The molecule has 5 heteroatoms. The van der Waals surface area contributed by atoms with Crippen molar-refractivity contribution in [3.8, 4) is 0 Å². The highest BCUT2D eigenvalue weighted by atomic mass is 79.9. The van der Waals surface area contributed by atoms with Gasteiger partial charge in [-0.1, -0.05) is 39.1 Å². The minimum atomic E-state index is 0.744. The molecule has 0 fully saturated rings. The maximum absolute atomic E-state index is 6.10. The Balaban J connectivity index is 1.91. The summed E-state index contributed by atoms with van der Waals surface area (Å²) in [7, 11) is 0. The highest BCUT2D eigenvalue weighted by Gasteiger charge is 2.02. The Morgan fingerprint density at radius 2 is 1.94 bits per heavy atom. The molecule has 0 aliphatic rings. The third-order valence-electron chi connectivity index (χ3n) is 2.25. The van der Waals surface area contributed by atoms with E-state index >= 15 is 0 Å². The van der Waals surface area contributed by atoms with Gasteiger partial charge in [0.05, 0.1) is 4.34 Å². The third-order valence-corrected chi connectivity index (χ3v) is 4.34. The molecule has 0 saturated heterocycles. The van der Waals surface area contributed by atoms with Gasteiger partial charge in [0.2, 0.25) is 0 Å². The van der Waals surface area contributed by atoms with Crippen LogP contribution in [0.3, 0.4) is 0 Å². The smallest absolute Gasteiger partial charge is 0.0931 e. The molecule has 1 N–H and O–H groups in total. The van der Waals surface area contributed by atoms with Gasteiger partial charge in [0, 0.05) is 27.5 Å². The maximum Gasteiger partial charge on any atom is 0.0931 e. The quantitative estimate of drug-likeness (QED) is 0.808. The van der Waals surface area contributed by atoms with E-state index in [-0.39, 0.29) is 0 Å². The first kappa shape index (κ1) is 13.4. The first-order chi connectivity index (χ1) is 8.15. The second kappa shape index (κ2) is 6.21. The lowest BCUT2D eigenvalue weighted by atomic mass is 10.2. The van der Waals surface area contributed by atoms with Crippen molar-refractivity contribution >= 4 is 50.5 Å². The van der Waals surface area contributed by atoms with Crippen LogP contribution in [-0.2, 0) is 13.1 Å². The monoisotopic (exact) mass is 349 g/mol. The summed E-state index contributed by atoms with van der Waals surface area (Å²) in [6.07, 6.45) is 0. The van der Waals surface area contributed by atoms with Crippen molar-refractivity contribution in [2.24, 2.45) is 0 Å². The van der Waals surface area contributed by atoms with E-state index in [1.54, 1.807) is 11.3 Å². The van der Waals surface area contributed by atoms with E-state index in [4.69, 9.17) is 23.2 Å². The van der Waals surface area contributed by atoms with Crippen LogP contribution in [0, 0.1) is 0 Å². The van der Waals surface area contributed by atoms with Crippen LogP contribution in [0.25, 0.3) is 0 Å². The molecule has 1 aromatic carbocycles. The minimum Gasteiger partial charge on any atom is -0.308 e. The maximum atomic E-state index is 6.10. The molecular formula is C12H10BrCl2NS. The zero-order chi connectivity index (χ0) is 12.3. The summed E-state index contributed by atoms with van der Waals surface area (Å²) in [6.45, 7) is 1.55. The van der Waals surface area contributed by atoms with E-state index in [1.165, 1.54) is 4.88 Å². The van der Waals surface area contributed by atoms with Crippen molar-refractivity contribution in [3.05, 3.63) is 54.6 Å². The highest BCUT2D eigenvalue weighted by molar-refractivity contribution is 9.10. The molecule has 0 spiro atoms. The first-order valence-corrected chi connectivity index (χ1v) is 7.40. The van der Waals surface area contributed by atoms with Crippen LogP contribution in [0.5, 0.6) is 0 Å². The van der Waals surface area contributed by atoms with Gasteiger partial charge in [-0.3, -0.25) is 0 Å². The number of halogens is 3. The van der Waals surface area contributed by atoms with Gasteiger partial charge in [-0.2, -0.15) is 0 Å². The molecule has 90 valence electrons. The van der Waals surface area contributed by atoms with Gasteiger partial charge in [-0.25, -0.2) is 0 Å². The lowest BCUT2D eigenvalue weighted by molar-refractivity contribution is 0.701. The van der Waals surface area contributed by atoms with E-state index in [2.05, 4.69) is 21.2 Å². The molecule has 0 amide bonds. The van der Waals surface area contributed by atoms with Crippen LogP contribution in [0.1, 0.15) is 10.4 Å². The summed E-state index contributed by atoms with van der Waals surface area (Å²) in [5, 5.41) is 4.13. The van der Waals surface area contributed by atoms with Crippen LogP contribution < -0.4 is 5.32 Å². The topological polar surface area (TPSA) is 12.0 Å². The highest BCUT2D eigenvalue weighted by Crippen LogP contribution is 2.23. The van der Waals surface area contributed by atoms with Crippen molar-refractivity contribution in [1.29, 1.82) is 0 Å². The van der Waals surface area contributed by atoms with Crippen molar-refractivity contribution in [1.82, 2.24) is 5.32 Å². The molecule has 1 heterocycles. The van der Waals surface area contributed by atoms with Crippen molar-refractivity contribution in [2.45, 2.75) is 13.1 Å². The standard InChI is InChI=1S/C12H10BrCl2NS/c13-9-1-3-11(14)8(5-9)6-16-7-10-2-4-12(15)17-10/h1-5,16H,6-7H2. The number of rotatable bonds is 4. The fraction of sp³-hybridized carbons (Fsp3) is 0.167. The van der Waals surface area contributed by atoms with E-state index in [0.717, 1.165) is 32.5 Å². The molecule has 0 radical (unpaired) electrons. The zero-order valence-corrected chi connectivity index (χ0v) is 12.8. The number of thiophene rings is 1. The van der Waals surface area contributed by atoms with E-state index in [0.29, 0.717) is 0 Å². The summed E-state index contributed by atoms with van der Waals surface area (Å²) < 4.78 is 1.86. The Bertz CT molecular complexity index is 513. The summed E-state index contributed by atoms with van der Waals surface area (Å²) in [4.78, 5) is 1.22. The second-order valence-corrected chi connectivity index (χ2v) is 6.67. The Kier molecular flexibility index (Phi) is 4.88. The van der Waals surface area contributed by atoms with Crippen molar-refractivity contribution in [3.63, 3.8) is 0 Å². The molecule has 0 aliphatic carbocycles.